The Bertz CT molecular complexity index is 1420. The summed E-state index contributed by atoms with van der Waals surface area (Å²) in [7, 11) is 2.75. The van der Waals surface area contributed by atoms with E-state index in [1.165, 1.54) is 26.4 Å². The Morgan fingerprint density at radius 2 is 1.67 bits per heavy atom. The van der Waals surface area contributed by atoms with Gasteiger partial charge in [0, 0.05) is 5.56 Å². The molecule has 0 spiro atoms. The lowest BCUT2D eigenvalue weighted by Crippen LogP contribution is -2.24. The van der Waals surface area contributed by atoms with Crippen LogP contribution in [0.15, 0.2) is 45.7 Å². The second kappa shape index (κ2) is 10.8. The predicted molar refractivity (Wildman–Crippen MR) is 132 cm³/mol. The zero-order valence-electron chi connectivity index (χ0n) is 18.9. The van der Waals surface area contributed by atoms with Gasteiger partial charge in [-0.25, -0.2) is 9.59 Å². The van der Waals surface area contributed by atoms with Crippen molar-refractivity contribution in [2.75, 3.05) is 31.9 Å². The van der Waals surface area contributed by atoms with Crippen LogP contribution in [-0.4, -0.2) is 53.9 Å². The zero-order valence-corrected chi connectivity index (χ0v) is 20.5. The number of methoxy groups -OCH3 is 2. The lowest BCUT2D eigenvalue weighted by molar-refractivity contribution is -0.118. The number of carboxylic acid groups (broad SMARTS) is 2. The molecule has 3 aromatic rings. The van der Waals surface area contributed by atoms with Gasteiger partial charge in [-0.15, -0.1) is 0 Å². The number of H-pyrrole nitrogens is 1. The fourth-order valence-corrected chi connectivity index (χ4v) is 3.97. The van der Waals surface area contributed by atoms with Gasteiger partial charge in [-0.2, -0.15) is 0 Å². The van der Waals surface area contributed by atoms with E-state index in [1.54, 1.807) is 24.3 Å². The highest BCUT2D eigenvalue weighted by Crippen LogP contribution is 2.41. The standard InChI is InChI=1S/C23H20BrN3O9/c1-34-13-6-4-3-5-12(13)26-15(28)9-36-19-11(24)7-10(8-14(19)35-2)16-17(22(30)31)20(25)27-21(29)18(16)23(32)33/h3-8H,9H2,1-2H3,(H,26,28)(H,30,31)(H,32,33)(H3,25,27,29). The molecule has 0 aliphatic rings. The number of anilines is 2. The molecule has 3 rings (SSSR count). The van der Waals surface area contributed by atoms with Gasteiger partial charge in [-0.1, -0.05) is 12.1 Å². The second-order valence-electron chi connectivity index (χ2n) is 7.13. The summed E-state index contributed by atoms with van der Waals surface area (Å²) < 4.78 is 16.3. The molecule has 6 N–H and O–H groups in total. The Hall–Kier alpha value is -4.52. The van der Waals surface area contributed by atoms with Gasteiger partial charge in [0.15, 0.2) is 18.1 Å². The van der Waals surface area contributed by atoms with Crippen molar-refractivity contribution in [1.82, 2.24) is 4.98 Å². The Kier molecular flexibility index (Phi) is 7.84. The van der Waals surface area contributed by atoms with E-state index < -0.39 is 52.5 Å². The number of carboxylic acids is 2. The number of aromatic carboxylic acids is 2. The first-order valence-corrected chi connectivity index (χ1v) is 10.8. The minimum atomic E-state index is -1.66. The minimum Gasteiger partial charge on any atom is -0.495 e. The van der Waals surface area contributed by atoms with Crippen molar-refractivity contribution >= 4 is 45.3 Å². The maximum Gasteiger partial charge on any atom is 0.342 e. The van der Waals surface area contributed by atoms with Crippen LogP contribution in [0.3, 0.4) is 0 Å². The van der Waals surface area contributed by atoms with E-state index in [1.807, 2.05) is 4.98 Å². The Morgan fingerprint density at radius 3 is 2.28 bits per heavy atom. The average Bonchev–Trinajstić information content (AvgIpc) is 2.82. The van der Waals surface area contributed by atoms with Gasteiger partial charge in [0.05, 0.1) is 24.4 Å². The normalized spacial score (nSPS) is 10.4. The number of halogens is 1. The van der Waals surface area contributed by atoms with Crippen molar-refractivity contribution < 1.29 is 38.8 Å². The molecule has 0 aliphatic heterocycles. The molecule has 0 saturated carbocycles. The highest BCUT2D eigenvalue weighted by molar-refractivity contribution is 9.10. The number of carbonyl (C=O) groups excluding carboxylic acids is 1. The van der Waals surface area contributed by atoms with Crippen LogP contribution >= 0.6 is 15.9 Å². The number of amides is 1. The topological polar surface area (TPSA) is 190 Å². The number of aromatic nitrogens is 1. The van der Waals surface area contributed by atoms with Crippen LogP contribution in [0, 0.1) is 0 Å². The zero-order chi connectivity index (χ0) is 26.6. The van der Waals surface area contributed by atoms with Gasteiger partial charge in [0.25, 0.3) is 11.5 Å². The van der Waals surface area contributed by atoms with Crippen LogP contribution in [0.1, 0.15) is 20.7 Å². The van der Waals surface area contributed by atoms with Gasteiger partial charge in [0.2, 0.25) is 0 Å². The van der Waals surface area contributed by atoms with Crippen LogP contribution in [0.25, 0.3) is 11.1 Å². The first kappa shape index (κ1) is 26.1. The van der Waals surface area contributed by atoms with E-state index >= 15 is 0 Å². The van der Waals surface area contributed by atoms with Crippen molar-refractivity contribution in [3.8, 4) is 28.4 Å². The first-order valence-electron chi connectivity index (χ1n) is 10.0. The summed E-state index contributed by atoms with van der Waals surface area (Å²) in [5.41, 5.74) is 3.19. The molecule has 0 fully saturated rings. The van der Waals surface area contributed by atoms with Gasteiger partial charge in [-0.3, -0.25) is 9.59 Å². The van der Waals surface area contributed by atoms with Crippen molar-refractivity contribution in [3.05, 3.63) is 62.4 Å². The highest BCUT2D eigenvalue weighted by Gasteiger charge is 2.28. The quantitative estimate of drug-likeness (QED) is 0.259. The molecule has 36 heavy (non-hydrogen) atoms. The molecule has 0 radical (unpaired) electrons. The number of pyridine rings is 1. The minimum absolute atomic E-state index is 0.00264. The van der Waals surface area contributed by atoms with Gasteiger partial charge in [-0.05, 0) is 45.8 Å². The molecule has 0 aliphatic carbocycles. The lowest BCUT2D eigenvalue weighted by Gasteiger charge is -2.17. The number of hydrogen-bond acceptors (Lipinski definition) is 8. The van der Waals surface area contributed by atoms with Crippen LogP contribution in [0.4, 0.5) is 11.5 Å². The van der Waals surface area contributed by atoms with Crippen molar-refractivity contribution in [2.45, 2.75) is 0 Å². The van der Waals surface area contributed by atoms with Crippen LogP contribution in [-0.2, 0) is 4.79 Å². The van der Waals surface area contributed by atoms with E-state index in [0.717, 1.165) is 0 Å². The number of nitrogens with two attached hydrogens (primary N) is 1. The van der Waals surface area contributed by atoms with Crippen LogP contribution < -0.4 is 30.8 Å². The van der Waals surface area contributed by atoms with Crippen molar-refractivity contribution in [3.63, 3.8) is 0 Å². The summed E-state index contributed by atoms with van der Waals surface area (Å²) in [4.78, 5) is 50.4. The Morgan fingerprint density at radius 1 is 1.03 bits per heavy atom. The molecule has 2 aromatic carbocycles. The first-order chi connectivity index (χ1) is 17.1. The largest absolute Gasteiger partial charge is 0.495 e. The lowest BCUT2D eigenvalue weighted by atomic mass is 9.95. The number of hydrogen-bond donors (Lipinski definition) is 5. The Balaban J connectivity index is 2.00. The molecule has 0 atom stereocenters. The highest BCUT2D eigenvalue weighted by atomic mass is 79.9. The summed E-state index contributed by atoms with van der Waals surface area (Å²) in [5.74, 6) is -3.69. The molecule has 0 unspecified atom stereocenters. The maximum atomic E-state index is 12.4. The molecule has 1 aromatic heterocycles. The number of nitrogen functional groups attached to an aromatic ring is 1. The summed E-state index contributed by atoms with van der Waals surface area (Å²) in [5, 5.41) is 21.9. The summed E-state index contributed by atoms with van der Waals surface area (Å²) >= 11 is 3.27. The van der Waals surface area contributed by atoms with E-state index in [9.17, 15) is 29.4 Å². The number of para-hydroxylation sites is 2. The van der Waals surface area contributed by atoms with E-state index in [2.05, 4.69) is 21.2 Å². The molecule has 1 heterocycles. The van der Waals surface area contributed by atoms with Crippen LogP contribution in [0.5, 0.6) is 17.2 Å². The predicted octanol–water partition coefficient (Wildman–Crippen LogP) is 2.82. The van der Waals surface area contributed by atoms with E-state index in [4.69, 9.17) is 19.9 Å². The molecular weight excluding hydrogens is 542 g/mol. The summed E-state index contributed by atoms with van der Waals surface area (Å²) in [6.45, 7) is -0.439. The van der Waals surface area contributed by atoms with Gasteiger partial charge >= 0.3 is 11.9 Å². The summed E-state index contributed by atoms with van der Waals surface area (Å²) in [6, 6.07) is 9.38. The average molecular weight is 562 g/mol. The fourth-order valence-electron chi connectivity index (χ4n) is 3.41. The fraction of sp³-hybridized carbons (Fsp3) is 0.130. The van der Waals surface area contributed by atoms with Crippen molar-refractivity contribution in [1.29, 1.82) is 0 Å². The monoisotopic (exact) mass is 561 g/mol. The number of rotatable bonds is 9. The Labute approximate surface area is 211 Å². The molecule has 1 amide bonds. The molecule has 188 valence electrons. The third-order valence-corrected chi connectivity index (χ3v) is 5.51. The summed E-state index contributed by atoms with van der Waals surface area (Å²) in [6.07, 6.45) is 0. The third kappa shape index (κ3) is 5.25. The number of benzene rings is 2. The SMILES string of the molecule is COc1ccccc1NC(=O)COc1c(Br)cc(-c2c(C(=O)O)c(N)[nH]c(=O)c2C(=O)O)cc1OC. The molecule has 0 bridgehead atoms. The van der Waals surface area contributed by atoms with E-state index in [0.29, 0.717) is 11.4 Å². The maximum absolute atomic E-state index is 12.4. The number of carbonyl (C=O) groups is 3. The molecule has 12 nitrogen and oxygen atoms in total. The van der Waals surface area contributed by atoms with Crippen LogP contribution in [0.2, 0.25) is 0 Å². The molecular formula is C23H20BrN3O9. The van der Waals surface area contributed by atoms with E-state index in [-0.39, 0.29) is 21.5 Å². The second-order valence-corrected chi connectivity index (χ2v) is 7.98. The number of nitrogens with one attached hydrogen (secondary N) is 2. The van der Waals surface area contributed by atoms with Gasteiger partial charge < -0.3 is 40.5 Å². The van der Waals surface area contributed by atoms with Gasteiger partial charge in [0.1, 0.15) is 22.7 Å². The third-order valence-electron chi connectivity index (χ3n) is 4.92. The number of ether oxygens (including phenoxy) is 3. The number of aromatic amines is 1. The smallest absolute Gasteiger partial charge is 0.342 e. The molecule has 0 saturated heterocycles. The van der Waals surface area contributed by atoms with Crippen molar-refractivity contribution in [2.24, 2.45) is 0 Å². The molecule has 13 heteroatoms.